The fourth-order valence-corrected chi connectivity index (χ4v) is 0.0979. The maximum Gasteiger partial charge on any atom is 0.0956 e. The minimum atomic E-state index is -1.24. The van der Waals surface area contributed by atoms with Crippen molar-refractivity contribution in [3.8, 4) is 0 Å². The van der Waals surface area contributed by atoms with E-state index in [1.165, 1.54) is 0 Å². The van der Waals surface area contributed by atoms with Crippen molar-refractivity contribution in [1.29, 1.82) is 0 Å². The Morgan fingerprint density at radius 3 is 2.25 bits per heavy atom. The number of nitrogens with one attached hydrogen (secondary N) is 1. The van der Waals surface area contributed by atoms with E-state index in [1.807, 2.05) is 0 Å². The lowest BCUT2D eigenvalue weighted by atomic mass is 11.3. The van der Waals surface area contributed by atoms with E-state index in [-0.39, 0.29) is 5.34 Å². The largest absolute Gasteiger partial charge is 0.711 e. The Balaban J connectivity index is 3.62. The van der Waals surface area contributed by atoms with E-state index >= 15 is 0 Å². The molecule has 50 valence electrons. The lowest BCUT2D eigenvalue weighted by Crippen LogP contribution is -2.55. The molecule has 0 radical (unpaired) electrons. The van der Waals surface area contributed by atoms with Gasteiger partial charge in [0.15, 0.2) is 0 Å². The smallest absolute Gasteiger partial charge is 0.0956 e. The molecule has 0 aromatic carbocycles. The average molecular weight is 122 g/mol. The van der Waals surface area contributed by atoms with Crippen LogP contribution in [0, 0.1) is 5.21 Å². The zero-order valence-corrected chi connectivity index (χ0v) is 4.37. The fourth-order valence-electron chi connectivity index (χ4n) is 0.0979. The van der Waals surface area contributed by atoms with E-state index in [2.05, 4.69) is 10.8 Å². The Hall–Kier alpha value is -0.280. The molecule has 1 atom stereocenters. The predicted molar refractivity (Wildman–Crippen MR) is 25.2 cm³/mol. The van der Waals surface area contributed by atoms with Gasteiger partial charge in [-0.05, 0) is 0 Å². The van der Waals surface area contributed by atoms with Crippen LogP contribution in [0.3, 0.4) is 0 Å². The molecule has 0 aliphatic carbocycles. The second-order valence-electron chi connectivity index (χ2n) is 1.37. The third kappa shape index (κ3) is 2.14. The van der Waals surface area contributed by atoms with E-state index in [9.17, 15) is 5.21 Å². The minimum absolute atomic E-state index is 0.278. The molecule has 0 aliphatic heterocycles. The summed E-state index contributed by atoms with van der Waals surface area (Å²) in [6, 6.07) is 0. The number of hydrogen-bond acceptors (Lipinski definition) is 5. The Morgan fingerprint density at radius 2 is 2.25 bits per heavy atom. The van der Waals surface area contributed by atoms with Gasteiger partial charge in [0.25, 0.3) is 0 Å². The molecule has 8 heavy (non-hydrogen) atoms. The zero-order chi connectivity index (χ0) is 6.78. The molecule has 7 nitrogen and oxygen atoms in total. The second kappa shape index (κ2) is 2.33. The molecule has 0 rings (SSSR count). The standard InChI is InChI=1S/CH8N5O2/c1-6(2,3)5(7)8-4/h4H2,1H3,(H3,2,3)/q-1. The molecule has 0 fully saturated rings. The van der Waals surface area contributed by atoms with Crippen LogP contribution in [-0.2, 0) is 4.94 Å². The highest BCUT2D eigenvalue weighted by molar-refractivity contribution is 4.17. The van der Waals surface area contributed by atoms with E-state index in [1.54, 1.807) is 0 Å². The molecule has 0 amide bonds. The summed E-state index contributed by atoms with van der Waals surface area (Å²) >= 11 is 0. The molecule has 0 aromatic heterocycles. The molecule has 0 aliphatic rings. The molecule has 0 saturated carbocycles. The van der Waals surface area contributed by atoms with Crippen LogP contribution >= 0.6 is 0 Å². The molecular formula is CH8N5O2-. The fraction of sp³-hybridized carbons (Fsp3) is 1.00. The summed E-state index contributed by atoms with van der Waals surface area (Å²) in [5.74, 6) is 15.8. The topological polar surface area (TPSA) is 111 Å². The van der Waals surface area contributed by atoms with E-state index in [4.69, 9.17) is 11.7 Å². The second-order valence-corrected chi connectivity index (χ2v) is 1.37. The molecule has 5 N–H and O–H groups in total. The first-order valence-electron chi connectivity index (χ1n) is 1.73. The van der Waals surface area contributed by atoms with Crippen molar-refractivity contribution >= 4 is 0 Å². The zero-order valence-electron chi connectivity index (χ0n) is 4.37. The lowest BCUT2D eigenvalue weighted by Gasteiger charge is -2.41. The van der Waals surface area contributed by atoms with Gasteiger partial charge >= 0.3 is 0 Å². The van der Waals surface area contributed by atoms with Gasteiger partial charge in [-0.15, -0.1) is 0 Å². The summed E-state index contributed by atoms with van der Waals surface area (Å²) in [6.45, 7) is 0. The van der Waals surface area contributed by atoms with Gasteiger partial charge in [0.1, 0.15) is 0 Å². The van der Waals surface area contributed by atoms with Crippen LogP contribution in [0.4, 0.5) is 0 Å². The summed E-state index contributed by atoms with van der Waals surface area (Å²) in [5.41, 5.74) is 0. The minimum Gasteiger partial charge on any atom is -0.711 e. The summed E-state index contributed by atoms with van der Waals surface area (Å²) in [7, 11) is 1.08. The van der Waals surface area contributed by atoms with Crippen LogP contribution in [0.15, 0.2) is 0 Å². The maximum atomic E-state index is 10.1. The number of rotatable bonds is 2. The summed E-state index contributed by atoms with van der Waals surface area (Å²) in [4.78, 5) is 2.31. The Morgan fingerprint density at radius 1 is 1.88 bits per heavy atom. The third-order valence-electron chi connectivity index (χ3n) is 0.429. The van der Waals surface area contributed by atoms with Crippen molar-refractivity contribution in [3.05, 3.63) is 11.0 Å². The quantitative estimate of drug-likeness (QED) is 0.271. The lowest BCUT2D eigenvalue weighted by molar-refractivity contribution is -1.02. The van der Waals surface area contributed by atoms with Gasteiger partial charge in [0, 0.05) is 0 Å². The molecule has 0 saturated heterocycles. The van der Waals surface area contributed by atoms with Crippen LogP contribution < -0.4 is 11.7 Å². The Kier molecular flexibility index (Phi) is 2.25. The van der Waals surface area contributed by atoms with E-state index in [0.717, 1.165) is 7.05 Å². The van der Waals surface area contributed by atoms with Gasteiger partial charge in [-0.25, -0.2) is 4.81 Å². The van der Waals surface area contributed by atoms with E-state index < -0.39 is 4.81 Å². The Labute approximate surface area is 46.2 Å². The van der Waals surface area contributed by atoms with Crippen LogP contribution in [0.5, 0.6) is 0 Å². The first kappa shape index (κ1) is 7.72. The molecule has 0 spiro atoms. The van der Waals surface area contributed by atoms with Gasteiger partial charge in [0.2, 0.25) is 0 Å². The van der Waals surface area contributed by atoms with Crippen LogP contribution in [0.2, 0.25) is 0 Å². The molecule has 1 unspecified atom stereocenters. The van der Waals surface area contributed by atoms with Crippen molar-refractivity contribution < 1.29 is 9.75 Å². The van der Waals surface area contributed by atoms with Gasteiger partial charge in [-0.2, -0.15) is 16.7 Å². The van der Waals surface area contributed by atoms with Crippen molar-refractivity contribution in [3.63, 3.8) is 0 Å². The number of nitrogens with two attached hydrogens (primary N) is 2. The Bertz CT molecular complexity index is 67.3. The highest BCUT2D eigenvalue weighted by atomic mass is 17.0. The van der Waals surface area contributed by atoms with Crippen molar-refractivity contribution in [2.75, 3.05) is 7.05 Å². The maximum absolute atomic E-state index is 10.1. The van der Waals surface area contributed by atoms with E-state index in [0.29, 0.717) is 0 Å². The number of quaternary nitrogens is 1. The van der Waals surface area contributed by atoms with Crippen LogP contribution in [0.1, 0.15) is 0 Å². The van der Waals surface area contributed by atoms with Crippen molar-refractivity contribution in [2.45, 2.75) is 0 Å². The molecule has 7 heteroatoms. The van der Waals surface area contributed by atoms with Gasteiger partial charge in [-0.1, -0.05) is 5.34 Å². The highest BCUT2D eigenvalue weighted by Gasteiger charge is 2.03. The van der Waals surface area contributed by atoms with Gasteiger partial charge < -0.3 is 11.0 Å². The molecule has 0 bridgehead atoms. The van der Waals surface area contributed by atoms with Crippen LogP contribution in [0.25, 0.3) is 5.84 Å². The molecule has 0 heterocycles. The first-order chi connectivity index (χ1) is 3.48. The van der Waals surface area contributed by atoms with Crippen LogP contribution in [-0.4, -0.2) is 17.2 Å². The van der Waals surface area contributed by atoms with Crippen molar-refractivity contribution in [2.24, 2.45) is 11.7 Å². The summed E-state index contributed by atoms with van der Waals surface area (Å²) in [5, 5.41) is 9.78. The van der Waals surface area contributed by atoms with Crippen molar-refractivity contribution in [1.82, 2.24) is 5.34 Å². The van der Waals surface area contributed by atoms with Gasteiger partial charge in [-0.3, -0.25) is 0 Å². The SMILES string of the molecule is C[N+]([NH-])(N)N([O-])ON. The summed E-state index contributed by atoms with van der Waals surface area (Å²) < 4.78 is 0. The highest BCUT2D eigenvalue weighted by Crippen LogP contribution is 1.95. The third-order valence-corrected chi connectivity index (χ3v) is 0.429. The monoisotopic (exact) mass is 122 g/mol. The number of hydrogen-bond donors (Lipinski definition) is 2. The molecule has 0 aromatic rings. The van der Waals surface area contributed by atoms with Gasteiger partial charge in [0.05, 0.1) is 7.05 Å². The average Bonchev–Trinajstić information content (AvgIpc) is 1.62. The first-order valence-corrected chi connectivity index (χ1v) is 1.73. The normalized spacial score (nSPS) is 18.8. The molecular weight excluding hydrogens is 114 g/mol. The number of nitrogens with zero attached hydrogens (tertiary/aromatic N) is 2. The predicted octanol–water partition coefficient (Wildman–Crippen LogP) is -1.21. The summed E-state index contributed by atoms with van der Waals surface area (Å²) in [6.07, 6.45) is 0.